The predicted molar refractivity (Wildman–Crippen MR) is 114 cm³/mol. The summed E-state index contributed by atoms with van der Waals surface area (Å²) in [5, 5.41) is 11.9. The molecular weight excluding hydrogens is 336 g/mol. The monoisotopic (exact) mass is 374 g/mol. The Morgan fingerprint density at radius 1 is 1.15 bits per heavy atom. The van der Waals surface area contributed by atoms with E-state index < -0.39 is 4.65 Å². The second-order valence-corrected chi connectivity index (χ2v) is 8.10. The maximum absolute atomic E-state index is 13.2. The summed E-state index contributed by atoms with van der Waals surface area (Å²) in [6.07, 6.45) is 8.49. The van der Waals surface area contributed by atoms with Gasteiger partial charge in [-0.2, -0.15) is 0 Å². The van der Waals surface area contributed by atoms with E-state index >= 15 is 0 Å². The van der Waals surface area contributed by atoms with Crippen LogP contribution >= 0.6 is 0 Å². The van der Waals surface area contributed by atoms with Gasteiger partial charge >= 0.3 is 0 Å². The molecule has 0 saturated carbocycles. The number of nitrogens with zero attached hydrogens (tertiary/aromatic N) is 2. The van der Waals surface area contributed by atoms with Crippen molar-refractivity contribution in [2.45, 2.75) is 64.2 Å². The van der Waals surface area contributed by atoms with E-state index in [9.17, 15) is 10.0 Å². The standard InChI is InChI=1S/C23H38N2O2/c1-6-9-16-23(17-10-7-2,21-14-12-11-13-15-21)20-22(26)24(8-3)18-19-25(4,5)27/h8,11-15H,3,6-7,9-10,16-20H2,1-2,4-5H3. The summed E-state index contributed by atoms with van der Waals surface area (Å²) in [5.74, 6) is 0.0644. The number of likely N-dealkylation sites (N-methyl/N-ethyl adjacent to an activating group) is 1. The number of unbranched alkanes of at least 4 members (excludes halogenated alkanes) is 2. The van der Waals surface area contributed by atoms with Gasteiger partial charge in [0.25, 0.3) is 0 Å². The Labute approximate surface area is 166 Å². The number of benzene rings is 1. The number of hydrogen-bond donors (Lipinski definition) is 0. The average molecular weight is 375 g/mol. The van der Waals surface area contributed by atoms with Gasteiger partial charge in [-0.1, -0.05) is 76.4 Å². The van der Waals surface area contributed by atoms with Crippen molar-refractivity contribution >= 4 is 5.91 Å². The summed E-state index contributed by atoms with van der Waals surface area (Å²) in [6, 6.07) is 10.5. The molecule has 1 aromatic carbocycles. The maximum atomic E-state index is 13.2. The first-order valence-corrected chi connectivity index (χ1v) is 10.3. The SMILES string of the molecule is C=CN(CC[N+](C)(C)[O-])C(=O)CC(CCCC)(CCCC)c1ccccc1. The molecule has 0 aliphatic carbocycles. The summed E-state index contributed by atoms with van der Waals surface area (Å²) >= 11 is 0. The molecule has 0 atom stereocenters. The predicted octanol–water partition coefficient (Wildman–Crippen LogP) is 5.24. The Hall–Kier alpha value is -1.65. The molecule has 0 heterocycles. The molecule has 152 valence electrons. The van der Waals surface area contributed by atoms with Gasteiger partial charge in [0.05, 0.1) is 27.2 Å². The number of rotatable bonds is 13. The number of quaternary nitrogens is 1. The van der Waals surface area contributed by atoms with Crippen molar-refractivity contribution < 1.29 is 9.44 Å². The average Bonchev–Trinajstić information content (AvgIpc) is 2.64. The number of carbonyl (C=O) groups is 1. The molecule has 1 rings (SSSR count). The Morgan fingerprint density at radius 2 is 1.70 bits per heavy atom. The van der Waals surface area contributed by atoms with Crippen LogP contribution in [0.4, 0.5) is 0 Å². The van der Waals surface area contributed by atoms with Crippen molar-refractivity contribution in [3.05, 3.63) is 53.9 Å². The first kappa shape index (κ1) is 23.4. The zero-order valence-electron chi connectivity index (χ0n) is 17.7. The van der Waals surface area contributed by atoms with Crippen molar-refractivity contribution in [1.82, 2.24) is 4.90 Å². The van der Waals surface area contributed by atoms with Crippen LogP contribution in [-0.2, 0) is 10.2 Å². The summed E-state index contributed by atoms with van der Waals surface area (Å²) in [5.41, 5.74) is 1.11. The van der Waals surface area contributed by atoms with E-state index in [0.29, 0.717) is 19.5 Å². The Bertz CT molecular complexity index is 555. The van der Waals surface area contributed by atoms with Crippen molar-refractivity contribution in [1.29, 1.82) is 0 Å². The molecular formula is C23H38N2O2. The van der Waals surface area contributed by atoms with E-state index in [1.807, 2.05) is 6.07 Å². The molecule has 0 radical (unpaired) electrons. The minimum Gasteiger partial charge on any atom is -0.633 e. The van der Waals surface area contributed by atoms with Crippen LogP contribution in [0.2, 0.25) is 0 Å². The second kappa shape index (κ2) is 11.3. The fourth-order valence-corrected chi connectivity index (χ4v) is 3.57. The largest absolute Gasteiger partial charge is 0.633 e. The van der Waals surface area contributed by atoms with Crippen LogP contribution in [0.15, 0.2) is 43.1 Å². The maximum Gasteiger partial charge on any atom is 0.227 e. The van der Waals surface area contributed by atoms with Gasteiger partial charge < -0.3 is 14.8 Å². The van der Waals surface area contributed by atoms with E-state index in [0.717, 1.165) is 38.5 Å². The van der Waals surface area contributed by atoms with Crippen LogP contribution in [0.3, 0.4) is 0 Å². The molecule has 0 N–H and O–H groups in total. The topological polar surface area (TPSA) is 43.4 Å². The molecule has 1 amide bonds. The Kier molecular flexibility index (Phi) is 9.75. The second-order valence-electron chi connectivity index (χ2n) is 8.10. The molecule has 4 heteroatoms. The van der Waals surface area contributed by atoms with E-state index in [4.69, 9.17) is 0 Å². The summed E-state index contributed by atoms with van der Waals surface area (Å²) in [7, 11) is 3.20. The van der Waals surface area contributed by atoms with Crippen LogP contribution in [-0.4, -0.2) is 42.6 Å². The van der Waals surface area contributed by atoms with Crippen LogP contribution < -0.4 is 0 Å². The van der Waals surface area contributed by atoms with Crippen LogP contribution in [0.25, 0.3) is 0 Å². The highest BCUT2D eigenvalue weighted by Crippen LogP contribution is 2.39. The minimum atomic E-state index is -0.410. The Morgan fingerprint density at radius 3 is 2.15 bits per heavy atom. The van der Waals surface area contributed by atoms with Gasteiger partial charge in [-0.25, -0.2) is 0 Å². The number of carbonyl (C=O) groups excluding carboxylic acids is 1. The molecule has 0 unspecified atom stereocenters. The molecule has 4 nitrogen and oxygen atoms in total. The Balaban J connectivity index is 3.09. The lowest BCUT2D eigenvalue weighted by Crippen LogP contribution is -2.42. The zero-order chi connectivity index (χ0) is 20.3. The summed E-state index contributed by atoms with van der Waals surface area (Å²) in [6.45, 7) is 8.97. The molecule has 0 spiro atoms. The fourth-order valence-electron chi connectivity index (χ4n) is 3.57. The molecule has 1 aromatic rings. The molecule has 0 aliphatic heterocycles. The number of hydroxylamine groups is 3. The van der Waals surface area contributed by atoms with Crippen molar-refractivity contribution in [3.8, 4) is 0 Å². The molecule has 0 bridgehead atoms. The molecule has 0 fully saturated rings. The first-order valence-electron chi connectivity index (χ1n) is 10.3. The smallest absolute Gasteiger partial charge is 0.227 e. The third kappa shape index (κ3) is 7.86. The molecule has 0 aliphatic rings. The minimum absolute atomic E-state index is 0.0644. The van der Waals surface area contributed by atoms with E-state index in [2.05, 4.69) is 44.7 Å². The van der Waals surface area contributed by atoms with E-state index in [1.54, 1.807) is 25.2 Å². The lowest BCUT2D eigenvalue weighted by molar-refractivity contribution is -0.839. The molecule has 27 heavy (non-hydrogen) atoms. The van der Waals surface area contributed by atoms with Crippen LogP contribution in [0.1, 0.15) is 64.4 Å². The van der Waals surface area contributed by atoms with Crippen molar-refractivity contribution in [2.75, 3.05) is 27.2 Å². The lowest BCUT2D eigenvalue weighted by Gasteiger charge is -2.38. The highest BCUT2D eigenvalue weighted by Gasteiger charge is 2.34. The fraction of sp³-hybridized carbons (Fsp3) is 0.609. The third-order valence-corrected chi connectivity index (χ3v) is 5.31. The number of hydrogen-bond acceptors (Lipinski definition) is 2. The van der Waals surface area contributed by atoms with Gasteiger partial charge in [0.2, 0.25) is 5.91 Å². The van der Waals surface area contributed by atoms with E-state index in [1.165, 1.54) is 5.56 Å². The van der Waals surface area contributed by atoms with Crippen molar-refractivity contribution in [2.24, 2.45) is 0 Å². The normalized spacial score (nSPS) is 12.0. The highest BCUT2D eigenvalue weighted by molar-refractivity contribution is 5.78. The molecule has 0 saturated heterocycles. The third-order valence-electron chi connectivity index (χ3n) is 5.31. The van der Waals surface area contributed by atoms with Gasteiger partial charge in [-0.15, -0.1) is 0 Å². The van der Waals surface area contributed by atoms with Gasteiger partial charge in [0.15, 0.2) is 0 Å². The van der Waals surface area contributed by atoms with Gasteiger partial charge in [-0.3, -0.25) is 4.79 Å². The zero-order valence-corrected chi connectivity index (χ0v) is 17.7. The van der Waals surface area contributed by atoms with E-state index in [-0.39, 0.29) is 11.3 Å². The van der Waals surface area contributed by atoms with Gasteiger partial charge in [0.1, 0.15) is 0 Å². The van der Waals surface area contributed by atoms with Crippen molar-refractivity contribution in [3.63, 3.8) is 0 Å². The van der Waals surface area contributed by atoms with Crippen LogP contribution in [0, 0.1) is 5.21 Å². The summed E-state index contributed by atoms with van der Waals surface area (Å²) in [4.78, 5) is 14.8. The number of amides is 1. The van der Waals surface area contributed by atoms with Crippen LogP contribution in [0.5, 0.6) is 0 Å². The summed E-state index contributed by atoms with van der Waals surface area (Å²) < 4.78 is -0.410. The quantitative estimate of drug-likeness (QED) is 0.350. The first-order chi connectivity index (χ1) is 12.8. The lowest BCUT2D eigenvalue weighted by atomic mass is 9.70. The highest BCUT2D eigenvalue weighted by atomic mass is 16.5. The van der Waals surface area contributed by atoms with Gasteiger partial charge in [0, 0.05) is 11.8 Å². The molecule has 0 aromatic heterocycles. The van der Waals surface area contributed by atoms with Gasteiger partial charge in [-0.05, 0) is 24.6 Å².